The lowest BCUT2D eigenvalue weighted by atomic mass is 9.94. The third kappa shape index (κ3) is 6.25. The molecule has 3 N–H and O–H groups in total. The Bertz CT molecular complexity index is 217. The summed E-state index contributed by atoms with van der Waals surface area (Å²) in [6.07, 6.45) is 8.14. The van der Waals surface area contributed by atoms with E-state index >= 15 is 0 Å². The van der Waals surface area contributed by atoms with Crippen LogP contribution in [0, 0.1) is 5.92 Å². The number of amides is 1. The monoisotopic (exact) mass is 212 g/mol. The highest BCUT2D eigenvalue weighted by Crippen LogP contribution is 2.16. The number of nitrogens with two attached hydrogens (primary N) is 1. The lowest BCUT2D eigenvalue weighted by molar-refractivity contribution is -0.122. The first-order valence-electron chi connectivity index (χ1n) is 5.51. The molecule has 0 fully saturated rings. The van der Waals surface area contributed by atoms with Crippen molar-refractivity contribution < 1.29 is 9.53 Å². The molecule has 0 bridgehead atoms. The second-order valence-electron chi connectivity index (χ2n) is 3.87. The smallest absolute Gasteiger partial charge is 0.243 e. The molecule has 0 aromatic carbocycles. The molecule has 0 saturated heterocycles. The summed E-state index contributed by atoms with van der Waals surface area (Å²) in [7, 11) is 0. The van der Waals surface area contributed by atoms with Crippen molar-refractivity contribution in [2.24, 2.45) is 11.7 Å². The standard InChI is InChI=1S/C11H20N2O2/c12-11(14)9-15-7-6-13-8-10-4-2-1-3-5-10/h1-2,10,13H,3-9H2,(H2,12,14). The zero-order chi connectivity index (χ0) is 10.9. The number of hydrogen-bond donors (Lipinski definition) is 2. The molecular formula is C11H20N2O2. The predicted molar refractivity (Wildman–Crippen MR) is 59.4 cm³/mol. The van der Waals surface area contributed by atoms with Gasteiger partial charge in [-0.25, -0.2) is 0 Å². The summed E-state index contributed by atoms with van der Waals surface area (Å²) in [5.41, 5.74) is 4.93. The first-order valence-corrected chi connectivity index (χ1v) is 5.51. The van der Waals surface area contributed by atoms with Crippen LogP contribution in [0.1, 0.15) is 19.3 Å². The second kappa shape index (κ2) is 7.43. The normalized spacial score (nSPS) is 20.4. The lowest BCUT2D eigenvalue weighted by Crippen LogP contribution is -2.28. The van der Waals surface area contributed by atoms with E-state index in [9.17, 15) is 4.79 Å². The molecule has 86 valence electrons. The van der Waals surface area contributed by atoms with Gasteiger partial charge in [0.1, 0.15) is 6.61 Å². The Morgan fingerprint density at radius 1 is 1.53 bits per heavy atom. The predicted octanol–water partition coefficient (Wildman–Crippen LogP) is 0.434. The maximum absolute atomic E-state index is 10.3. The largest absolute Gasteiger partial charge is 0.370 e. The topological polar surface area (TPSA) is 64.4 Å². The molecule has 1 rings (SSSR count). The van der Waals surface area contributed by atoms with E-state index in [4.69, 9.17) is 10.5 Å². The fourth-order valence-corrected chi connectivity index (χ4v) is 1.66. The average Bonchev–Trinajstić information content (AvgIpc) is 2.24. The highest BCUT2D eigenvalue weighted by Gasteiger charge is 2.08. The third-order valence-corrected chi connectivity index (χ3v) is 2.48. The van der Waals surface area contributed by atoms with Crippen LogP contribution in [-0.2, 0) is 9.53 Å². The van der Waals surface area contributed by atoms with Crippen molar-refractivity contribution in [2.45, 2.75) is 19.3 Å². The summed E-state index contributed by atoms with van der Waals surface area (Å²) in [6.45, 7) is 2.39. The minimum Gasteiger partial charge on any atom is -0.370 e. The van der Waals surface area contributed by atoms with Crippen molar-refractivity contribution in [2.75, 3.05) is 26.3 Å². The molecule has 15 heavy (non-hydrogen) atoms. The molecule has 0 aliphatic heterocycles. The molecule has 1 aliphatic carbocycles. The Morgan fingerprint density at radius 2 is 2.40 bits per heavy atom. The summed E-state index contributed by atoms with van der Waals surface area (Å²) in [4.78, 5) is 10.3. The van der Waals surface area contributed by atoms with Crippen LogP contribution in [0.25, 0.3) is 0 Å². The number of carbonyl (C=O) groups is 1. The fourth-order valence-electron chi connectivity index (χ4n) is 1.66. The van der Waals surface area contributed by atoms with Gasteiger partial charge in [0.15, 0.2) is 0 Å². The van der Waals surface area contributed by atoms with E-state index in [1.54, 1.807) is 0 Å². The molecule has 1 aliphatic rings. The van der Waals surface area contributed by atoms with Crippen LogP contribution in [0.3, 0.4) is 0 Å². The van der Waals surface area contributed by atoms with Crippen molar-refractivity contribution in [1.29, 1.82) is 0 Å². The Kier molecular flexibility index (Phi) is 6.04. The quantitative estimate of drug-likeness (QED) is 0.475. The number of primary amides is 1. The van der Waals surface area contributed by atoms with Gasteiger partial charge in [-0.1, -0.05) is 12.2 Å². The molecule has 0 heterocycles. The van der Waals surface area contributed by atoms with Crippen molar-refractivity contribution in [1.82, 2.24) is 5.32 Å². The van der Waals surface area contributed by atoms with Gasteiger partial charge in [-0.3, -0.25) is 4.79 Å². The highest BCUT2D eigenvalue weighted by atomic mass is 16.5. The molecule has 0 radical (unpaired) electrons. The van der Waals surface area contributed by atoms with E-state index < -0.39 is 5.91 Å². The number of ether oxygens (including phenoxy) is 1. The summed E-state index contributed by atoms with van der Waals surface area (Å²) < 4.78 is 5.03. The van der Waals surface area contributed by atoms with E-state index in [0.29, 0.717) is 6.61 Å². The van der Waals surface area contributed by atoms with Crippen LogP contribution in [0.15, 0.2) is 12.2 Å². The van der Waals surface area contributed by atoms with Crippen molar-refractivity contribution in [3.63, 3.8) is 0 Å². The Labute approximate surface area is 90.9 Å². The molecule has 4 nitrogen and oxygen atoms in total. The van der Waals surface area contributed by atoms with Crippen molar-refractivity contribution in [3.05, 3.63) is 12.2 Å². The third-order valence-electron chi connectivity index (χ3n) is 2.48. The Hall–Kier alpha value is -0.870. The zero-order valence-corrected chi connectivity index (χ0v) is 9.08. The van der Waals surface area contributed by atoms with E-state index in [1.807, 2.05) is 0 Å². The molecule has 1 atom stereocenters. The number of carbonyl (C=O) groups excluding carboxylic acids is 1. The van der Waals surface area contributed by atoms with Gasteiger partial charge in [-0.05, 0) is 31.7 Å². The minimum atomic E-state index is -0.410. The SMILES string of the molecule is NC(=O)COCCNCC1CC=CCC1. The average molecular weight is 212 g/mol. The van der Waals surface area contributed by atoms with Crippen molar-refractivity contribution in [3.8, 4) is 0 Å². The minimum absolute atomic E-state index is 0.0217. The van der Waals surface area contributed by atoms with E-state index in [1.165, 1.54) is 19.3 Å². The molecular weight excluding hydrogens is 192 g/mol. The first kappa shape index (κ1) is 12.2. The Balaban J connectivity index is 1.88. The van der Waals surface area contributed by atoms with Crippen LogP contribution < -0.4 is 11.1 Å². The number of allylic oxidation sites excluding steroid dienone is 2. The van der Waals surface area contributed by atoms with Gasteiger partial charge in [0.25, 0.3) is 0 Å². The van der Waals surface area contributed by atoms with Crippen molar-refractivity contribution >= 4 is 5.91 Å². The maximum atomic E-state index is 10.3. The molecule has 0 saturated carbocycles. The summed E-state index contributed by atoms with van der Waals surface area (Å²) in [6, 6.07) is 0. The molecule has 4 heteroatoms. The molecule has 1 unspecified atom stereocenters. The van der Waals surface area contributed by atoms with Gasteiger partial charge in [0.2, 0.25) is 5.91 Å². The van der Waals surface area contributed by atoms with Crippen LogP contribution in [-0.4, -0.2) is 32.2 Å². The Morgan fingerprint density at radius 3 is 3.07 bits per heavy atom. The van der Waals surface area contributed by atoms with Gasteiger partial charge in [-0.2, -0.15) is 0 Å². The molecule has 0 aromatic rings. The van der Waals surface area contributed by atoms with E-state index in [0.717, 1.165) is 19.0 Å². The maximum Gasteiger partial charge on any atom is 0.243 e. The van der Waals surface area contributed by atoms with E-state index in [2.05, 4.69) is 17.5 Å². The molecule has 1 amide bonds. The first-order chi connectivity index (χ1) is 7.29. The van der Waals surface area contributed by atoms with Crippen LogP contribution in [0.4, 0.5) is 0 Å². The second-order valence-corrected chi connectivity index (χ2v) is 3.87. The molecule has 0 aromatic heterocycles. The summed E-state index contributed by atoms with van der Waals surface area (Å²) in [5, 5.41) is 3.32. The fraction of sp³-hybridized carbons (Fsp3) is 0.727. The van der Waals surface area contributed by atoms with E-state index in [-0.39, 0.29) is 6.61 Å². The summed E-state index contributed by atoms with van der Waals surface area (Å²) in [5.74, 6) is 0.346. The van der Waals surface area contributed by atoms with Crippen LogP contribution in [0.2, 0.25) is 0 Å². The number of rotatable bonds is 7. The van der Waals surface area contributed by atoms with Gasteiger partial charge in [0.05, 0.1) is 6.61 Å². The van der Waals surface area contributed by atoms with Gasteiger partial charge < -0.3 is 15.8 Å². The lowest BCUT2D eigenvalue weighted by Gasteiger charge is -2.17. The van der Waals surface area contributed by atoms with Gasteiger partial charge in [0, 0.05) is 6.54 Å². The van der Waals surface area contributed by atoms with Crippen LogP contribution in [0.5, 0.6) is 0 Å². The summed E-state index contributed by atoms with van der Waals surface area (Å²) >= 11 is 0. The van der Waals surface area contributed by atoms with Gasteiger partial charge >= 0.3 is 0 Å². The highest BCUT2D eigenvalue weighted by molar-refractivity contribution is 5.74. The number of hydrogen-bond acceptors (Lipinski definition) is 3. The number of nitrogens with one attached hydrogen (secondary N) is 1. The zero-order valence-electron chi connectivity index (χ0n) is 9.08. The molecule has 0 spiro atoms. The van der Waals surface area contributed by atoms with Gasteiger partial charge in [-0.15, -0.1) is 0 Å². The van der Waals surface area contributed by atoms with Crippen LogP contribution >= 0.6 is 0 Å².